The number of Topliss-reactive ketones (excluding diaryl/α,β-unsaturated/α-hetero) is 1. The van der Waals surface area contributed by atoms with Crippen LogP contribution in [-0.4, -0.2) is 24.3 Å². The molecule has 0 saturated heterocycles. The van der Waals surface area contributed by atoms with Crippen molar-refractivity contribution in [2.24, 2.45) is 0 Å². The Labute approximate surface area is 118 Å². The molecule has 104 valence electrons. The number of hydrogen-bond donors (Lipinski definition) is 0. The van der Waals surface area contributed by atoms with Crippen LogP contribution in [0, 0.1) is 12.7 Å². The lowest BCUT2D eigenvalue weighted by molar-refractivity contribution is 0.0942. The Bertz CT molecular complexity index is 592. The molecule has 0 heterocycles. The Kier molecular flexibility index (Phi) is 4.64. The first-order chi connectivity index (χ1) is 9.56. The molecule has 2 nitrogen and oxygen atoms in total. The monoisotopic (exact) mass is 271 g/mol. The Morgan fingerprint density at radius 3 is 2.40 bits per heavy atom. The molecule has 2 aromatic carbocycles. The predicted molar refractivity (Wildman–Crippen MR) is 78.2 cm³/mol. The zero-order chi connectivity index (χ0) is 14.5. The number of halogens is 1. The molecule has 0 aliphatic carbocycles. The van der Waals surface area contributed by atoms with Crippen LogP contribution in [0.4, 0.5) is 4.39 Å². The van der Waals surface area contributed by atoms with Crippen LogP contribution in [0.15, 0.2) is 48.5 Å². The van der Waals surface area contributed by atoms with Crippen LogP contribution in [0.1, 0.15) is 21.5 Å². The van der Waals surface area contributed by atoms with Crippen molar-refractivity contribution in [3.63, 3.8) is 0 Å². The van der Waals surface area contributed by atoms with E-state index in [1.807, 2.05) is 43.1 Å². The highest BCUT2D eigenvalue weighted by atomic mass is 19.1. The van der Waals surface area contributed by atoms with E-state index in [1.54, 1.807) is 12.1 Å². The van der Waals surface area contributed by atoms with Gasteiger partial charge in [0, 0.05) is 12.1 Å². The van der Waals surface area contributed by atoms with Crippen LogP contribution >= 0.6 is 0 Å². The first-order valence-corrected chi connectivity index (χ1v) is 6.58. The van der Waals surface area contributed by atoms with Crippen molar-refractivity contribution in [1.29, 1.82) is 0 Å². The molecule has 2 aromatic rings. The van der Waals surface area contributed by atoms with E-state index >= 15 is 0 Å². The summed E-state index contributed by atoms with van der Waals surface area (Å²) in [6.07, 6.45) is 0. The SMILES string of the molecule is Cc1ccccc1C(=O)CN(C)Cc1ccc(F)cc1. The molecule has 0 amide bonds. The number of aryl methyl sites for hydroxylation is 1. The normalized spacial score (nSPS) is 10.8. The molecule has 0 spiro atoms. The van der Waals surface area contributed by atoms with Crippen LogP contribution in [0.2, 0.25) is 0 Å². The van der Waals surface area contributed by atoms with E-state index in [0.717, 1.165) is 16.7 Å². The topological polar surface area (TPSA) is 20.3 Å². The molecular weight excluding hydrogens is 253 g/mol. The molecular formula is C17H18FNO. The van der Waals surface area contributed by atoms with E-state index < -0.39 is 0 Å². The second kappa shape index (κ2) is 6.44. The predicted octanol–water partition coefficient (Wildman–Crippen LogP) is 3.45. The van der Waals surface area contributed by atoms with Crippen LogP contribution in [0.25, 0.3) is 0 Å². The molecule has 0 bridgehead atoms. The van der Waals surface area contributed by atoms with Gasteiger partial charge in [0.1, 0.15) is 5.82 Å². The maximum atomic E-state index is 12.8. The molecule has 0 unspecified atom stereocenters. The lowest BCUT2D eigenvalue weighted by atomic mass is 10.0. The lowest BCUT2D eigenvalue weighted by Crippen LogP contribution is -2.26. The van der Waals surface area contributed by atoms with Gasteiger partial charge in [-0.05, 0) is 37.2 Å². The smallest absolute Gasteiger partial charge is 0.177 e. The highest BCUT2D eigenvalue weighted by molar-refractivity contribution is 5.98. The van der Waals surface area contributed by atoms with Crippen molar-refractivity contribution in [1.82, 2.24) is 4.90 Å². The summed E-state index contributed by atoms with van der Waals surface area (Å²) in [5, 5.41) is 0. The average molecular weight is 271 g/mol. The minimum Gasteiger partial charge on any atom is -0.295 e. The van der Waals surface area contributed by atoms with Gasteiger partial charge in [0.15, 0.2) is 5.78 Å². The van der Waals surface area contributed by atoms with Gasteiger partial charge < -0.3 is 0 Å². The zero-order valence-electron chi connectivity index (χ0n) is 11.8. The quantitative estimate of drug-likeness (QED) is 0.776. The van der Waals surface area contributed by atoms with Gasteiger partial charge in [-0.3, -0.25) is 9.69 Å². The summed E-state index contributed by atoms with van der Waals surface area (Å²) in [6, 6.07) is 13.9. The summed E-state index contributed by atoms with van der Waals surface area (Å²) in [5.74, 6) is -0.139. The van der Waals surface area contributed by atoms with Crippen LogP contribution in [-0.2, 0) is 6.54 Å². The summed E-state index contributed by atoms with van der Waals surface area (Å²) in [4.78, 5) is 14.2. The third kappa shape index (κ3) is 3.75. The molecule has 0 aromatic heterocycles. The van der Waals surface area contributed by atoms with Gasteiger partial charge in [0.2, 0.25) is 0 Å². The molecule has 20 heavy (non-hydrogen) atoms. The lowest BCUT2D eigenvalue weighted by Gasteiger charge is -2.16. The Hall–Kier alpha value is -2.00. The van der Waals surface area contributed by atoms with Crippen molar-refractivity contribution >= 4 is 5.78 Å². The summed E-state index contributed by atoms with van der Waals surface area (Å²) in [7, 11) is 1.89. The fourth-order valence-corrected chi connectivity index (χ4v) is 2.17. The van der Waals surface area contributed by atoms with Crippen molar-refractivity contribution in [2.75, 3.05) is 13.6 Å². The number of nitrogens with zero attached hydrogens (tertiary/aromatic N) is 1. The molecule has 0 aliphatic rings. The van der Waals surface area contributed by atoms with Gasteiger partial charge in [-0.2, -0.15) is 0 Å². The summed E-state index contributed by atoms with van der Waals surface area (Å²) in [5.41, 5.74) is 2.75. The van der Waals surface area contributed by atoms with E-state index in [1.165, 1.54) is 12.1 Å². The van der Waals surface area contributed by atoms with E-state index in [4.69, 9.17) is 0 Å². The number of carbonyl (C=O) groups excluding carboxylic acids is 1. The van der Waals surface area contributed by atoms with Crippen molar-refractivity contribution in [2.45, 2.75) is 13.5 Å². The standard InChI is InChI=1S/C17H18FNO/c1-13-5-3-4-6-16(13)17(20)12-19(2)11-14-7-9-15(18)10-8-14/h3-10H,11-12H2,1-2H3. The molecule has 0 N–H and O–H groups in total. The van der Waals surface area contributed by atoms with E-state index in [0.29, 0.717) is 13.1 Å². The number of benzene rings is 2. The van der Waals surface area contributed by atoms with Gasteiger partial charge >= 0.3 is 0 Å². The number of ketones is 1. The van der Waals surface area contributed by atoms with Gasteiger partial charge in [0.25, 0.3) is 0 Å². The molecule has 0 radical (unpaired) electrons. The summed E-state index contributed by atoms with van der Waals surface area (Å²) < 4.78 is 12.8. The third-order valence-electron chi connectivity index (χ3n) is 3.22. The fraction of sp³-hybridized carbons (Fsp3) is 0.235. The molecule has 3 heteroatoms. The van der Waals surface area contributed by atoms with Crippen molar-refractivity contribution in [3.05, 3.63) is 71.0 Å². The first kappa shape index (κ1) is 14.4. The largest absolute Gasteiger partial charge is 0.295 e. The molecule has 0 fully saturated rings. The zero-order valence-corrected chi connectivity index (χ0v) is 11.8. The number of carbonyl (C=O) groups is 1. The molecule has 0 aliphatic heterocycles. The second-order valence-electron chi connectivity index (χ2n) is 5.04. The van der Waals surface area contributed by atoms with E-state index in [2.05, 4.69) is 0 Å². The first-order valence-electron chi connectivity index (χ1n) is 6.58. The Morgan fingerprint density at radius 2 is 1.75 bits per heavy atom. The fourth-order valence-electron chi connectivity index (χ4n) is 2.17. The van der Waals surface area contributed by atoms with Gasteiger partial charge in [-0.25, -0.2) is 4.39 Å². The highest BCUT2D eigenvalue weighted by Crippen LogP contribution is 2.10. The number of likely N-dealkylation sites (N-methyl/N-ethyl adjacent to an activating group) is 1. The average Bonchev–Trinajstić information content (AvgIpc) is 2.41. The third-order valence-corrected chi connectivity index (χ3v) is 3.22. The summed E-state index contributed by atoms with van der Waals surface area (Å²) >= 11 is 0. The minimum absolute atomic E-state index is 0.104. The van der Waals surface area contributed by atoms with E-state index in [9.17, 15) is 9.18 Å². The van der Waals surface area contributed by atoms with Gasteiger partial charge in [-0.1, -0.05) is 36.4 Å². The minimum atomic E-state index is -0.243. The maximum absolute atomic E-state index is 12.8. The Balaban J connectivity index is 1.98. The maximum Gasteiger partial charge on any atom is 0.177 e. The molecule has 0 saturated carbocycles. The van der Waals surface area contributed by atoms with Gasteiger partial charge in [0.05, 0.1) is 6.54 Å². The summed E-state index contributed by atoms with van der Waals surface area (Å²) in [6.45, 7) is 2.91. The Morgan fingerprint density at radius 1 is 1.10 bits per heavy atom. The number of rotatable bonds is 5. The van der Waals surface area contributed by atoms with Gasteiger partial charge in [-0.15, -0.1) is 0 Å². The van der Waals surface area contributed by atoms with Crippen molar-refractivity contribution < 1.29 is 9.18 Å². The van der Waals surface area contributed by atoms with Crippen LogP contribution < -0.4 is 0 Å². The molecule has 0 atom stereocenters. The van der Waals surface area contributed by atoms with Crippen LogP contribution in [0.5, 0.6) is 0 Å². The van der Waals surface area contributed by atoms with Crippen molar-refractivity contribution in [3.8, 4) is 0 Å². The van der Waals surface area contributed by atoms with Crippen LogP contribution in [0.3, 0.4) is 0 Å². The van der Waals surface area contributed by atoms with E-state index in [-0.39, 0.29) is 11.6 Å². The number of hydrogen-bond acceptors (Lipinski definition) is 2. The second-order valence-corrected chi connectivity index (χ2v) is 5.04. The highest BCUT2D eigenvalue weighted by Gasteiger charge is 2.11. The molecule has 2 rings (SSSR count).